The van der Waals surface area contributed by atoms with Crippen LogP contribution < -0.4 is 71.0 Å². The van der Waals surface area contributed by atoms with Crippen LogP contribution in [0, 0.1) is 0 Å². The first kappa shape index (κ1) is 19.1. The predicted octanol–water partition coefficient (Wildman–Crippen LogP) is -6.34. The van der Waals surface area contributed by atoms with Crippen LogP contribution in [0.1, 0.15) is 0 Å². The molecule has 0 aromatic carbocycles. The molecule has 0 amide bonds. The fourth-order valence-electron chi connectivity index (χ4n) is 0.122. The average molecular weight is 277 g/mol. The fourth-order valence-corrected chi connectivity index (χ4v) is 1.10. The summed E-state index contributed by atoms with van der Waals surface area (Å²) in [7, 11) is -11.4. The third-order valence-electron chi connectivity index (χ3n) is 0.200. The first-order valence-corrected chi connectivity index (χ1v) is 4.38. The summed E-state index contributed by atoms with van der Waals surface area (Å²) >= 11 is 0. The third kappa shape index (κ3) is 19.0. The molecular formula is CuKO7P2-3. The molecule has 11 heteroatoms. The maximum Gasteiger partial charge on any atom is 1.00 e. The first-order chi connectivity index (χ1) is 3.71. The van der Waals surface area contributed by atoms with Crippen molar-refractivity contribution in [3.8, 4) is 0 Å². The Hall–Kier alpha value is 2.42. The molecule has 11 heavy (non-hydrogen) atoms. The van der Waals surface area contributed by atoms with Crippen molar-refractivity contribution < 1.29 is 101 Å². The summed E-state index contributed by atoms with van der Waals surface area (Å²) in [4.78, 5) is 37.3. The Kier molecular flexibility index (Phi) is 11.8. The van der Waals surface area contributed by atoms with Gasteiger partial charge in [-0.1, -0.05) is 0 Å². The summed E-state index contributed by atoms with van der Waals surface area (Å²) < 4.78 is 21.2. The van der Waals surface area contributed by atoms with Crippen LogP contribution in [0.15, 0.2) is 0 Å². The van der Waals surface area contributed by atoms with Crippen LogP contribution in [-0.2, 0) is 30.5 Å². The summed E-state index contributed by atoms with van der Waals surface area (Å²) in [5, 5.41) is 0. The second-order valence-corrected chi connectivity index (χ2v) is 3.42. The molecule has 0 aliphatic heterocycles. The topological polar surface area (TPSA) is 136 Å². The number of phosphoric acid groups is 2. The summed E-state index contributed by atoms with van der Waals surface area (Å²) in [5.74, 6) is 0. The number of hydrogen-bond donors (Lipinski definition) is 0. The molecule has 0 atom stereocenters. The van der Waals surface area contributed by atoms with E-state index in [1.165, 1.54) is 0 Å². The van der Waals surface area contributed by atoms with Crippen LogP contribution in [0.2, 0.25) is 0 Å². The van der Waals surface area contributed by atoms with E-state index in [9.17, 15) is 28.7 Å². The quantitative estimate of drug-likeness (QED) is 0.361. The van der Waals surface area contributed by atoms with E-state index in [1.807, 2.05) is 0 Å². The van der Waals surface area contributed by atoms with E-state index in [-0.39, 0.29) is 68.5 Å². The predicted molar refractivity (Wildman–Crippen MR) is 16.3 cm³/mol. The Labute approximate surface area is 115 Å². The van der Waals surface area contributed by atoms with Gasteiger partial charge in [0.1, 0.15) is 0 Å². The van der Waals surface area contributed by atoms with Crippen LogP contribution in [-0.4, -0.2) is 0 Å². The summed E-state index contributed by atoms with van der Waals surface area (Å²) in [6, 6.07) is 0. The fraction of sp³-hybridized carbons (Fsp3) is 0. The molecule has 0 unspecified atom stereocenters. The molecule has 7 nitrogen and oxygen atoms in total. The van der Waals surface area contributed by atoms with Gasteiger partial charge in [-0.3, -0.25) is 0 Å². The van der Waals surface area contributed by atoms with Gasteiger partial charge in [0, 0.05) is 17.1 Å². The molecule has 0 aliphatic carbocycles. The molecule has 0 aromatic rings. The molecule has 0 aliphatic rings. The molecule has 0 heterocycles. The molecule has 0 saturated carbocycles. The van der Waals surface area contributed by atoms with Crippen molar-refractivity contribution in [2.75, 3.05) is 0 Å². The van der Waals surface area contributed by atoms with E-state index >= 15 is 0 Å². The molecule has 67 valence electrons. The van der Waals surface area contributed by atoms with Crippen LogP contribution in [0.25, 0.3) is 0 Å². The Morgan fingerprint density at radius 1 is 0.909 bits per heavy atom. The SMILES string of the molecule is O=P([O-])([O-])OP(=O)([O-])[O-].[Cu].[K+]. The van der Waals surface area contributed by atoms with Crippen LogP contribution >= 0.6 is 15.6 Å². The zero-order valence-corrected chi connectivity index (χ0v) is 10.9. The average Bonchev–Trinajstić information content (AvgIpc) is 1.14. The maximum absolute atomic E-state index is 9.32. The molecular weight excluding hydrogens is 277 g/mol. The molecule has 0 fully saturated rings. The standard InChI is InChI=1S/Cu.K.H4O7P2/c;;1-8(2,3)7-9(4,5)6/h;;(H2,1,2,3)(H2,4,5,6)/q;+1;/p-4. The van der Waals surface area contributed by atoms with Gasteiger partial charge in [-0.05, 0) is 0 Å². The monoisotopic (exact) mass is 276 g/mol. The van der Waals surface area contributed by atoms with Crippen molar-refractivity contribution >= 4 is 15.6 Å². The van der Waals surface area contributed by atoms with E-state index in [2.05, 4.69) is 4.31 Å². The summed E-state index contributed by atoms with van der Waals surface area (Å²) in [5.41, 5.74) is 0. The van der Waals surface area contributed by atoms with Gasteiger partial charge in [-0.15, -0.1) is 0 Å². The van der Waals surface area contributed by atoms with E-state index in [0.717, 1.165) is 0 Å². The molecule has 0 N–H and O–H groups in total. The molecule has 0 bridgehead atoms. The third-order valence-corrected chi connectivity index (χ3v) is 1.80. The molecule has 0 spiro atoms. The minimum Gasteiger partial charge on any atom is -0.790 e. The largest absolute Gasteiger partial charge is 1.00 e. The smallest absolute Gasteiger partial charge is 0.790 e. The van der Waals surface area contributed by atoms with Crippen LogP contribution in [0.5, 0.6) is 0 Å². The van der Waals surface area contributed by atoms with Crippen molar-refractivity contribution in [1.82, 2.24) is 0 Å². The summed E-state index contributed by atoms with van der Waals surface area (Å²) in [6.07, 6.45) is 0. The van der Waals surface area contributed by atoms with Gasteiger partial charge in [-0.25, -0.2) is 0 Å². The molecule has 0 saturated heterocycles. The molecule has 0 aromatic heterocycles. The second kappa shape index (κ2) is 6.81. The van der Waals surface area contributed by atoms with Gasteiger partial charge in [0.15, 0.2) is 0 Å². The van der Waals surface area contributed by atoms with Crippen molar-refractivity contribution in [2.24, 2.45) is 0 Å². The number of hydrogen-bond acceptors (Lipinski definition) is 7. The van der Waals surface area contributed by atoms with Gasteiger partial charge in [0.25, 0.3) is 0 Å². The minimum atomic E-state index is -5.68. The Bertz CT molecular complexity index is 157. The Morgan fingerprint density at radius 2 is 1.09 bits per heavy atom. The van der Waals surface area contributed by atoms with Gasteiger partial charge in [-0.2, -0.15) is 0 Å². The van der Waals surface area contributed by atoms with Gasteiger partial charge in [0.05, 0.1) is 15.6 Å². The van der Waals surface area contributed by atoms with Gasteiger partial charge >= 0.3 is 51.4 Å². The van der Waals surface area contributed by atoms with E-state index < -0.39 is 15.6 Å². The van der Waals surface area contributed by atoms with E-state index in [0.29, 0.717) is 0 Å². The second-order valence-electron chi connectivity index (χ2n) is 0.976. The number of rotatable bonds is 2. The van der Waals surface area contributed by atoms with E-state index in [4.69, 9.17) is 0 Å². The van der Waals surface area contributed by atoms with Crippen molar-refractivity contribution in [3.05, 3.63) is 0 Å². The van der Waals surface area contributed by atoms with Gasteiger partial charge < -0.3 is 33.0 Å². The zero-order valence-electron chi connectivity index (χ0n) is 5.05. The van der Waals surface area contributed by atoms with Crippen molar-refractivity contribution in [3.63, 3.8) is 0 Å². The van der Waals surface area contributed by atoms with Crippen LogP contribution in [0.3, 0.4) is 0 Å². The van der Waals surface area contributed by atoms with E-state index in [1.54, 1.807) is 0 Å². The Morgan fingerprint density at radius 3 is 1.09 bits per heavy atom. The maximum atomic E-state index is 9.32. The molecule has 0 rings (SSSR count). The van der Waals surface area contributed by atoms with Gasteiger partial charge in [0.2, 0.25) is 0 Å². The Balaban J connectivity index is -0.000000320. The van der Waals surface area contributed by atoms with Crippen LogP contribution in [0.4, 0.5) is 0 Å². The molecule has 1 radical (unpaired) electrons. The van der Waals surface area contributed by atoms with Crippen molar-refractivity contribution in [1.29, 1.82) is 0 Å². The van der Waals surface area contributed by atoms with Crippen molar-refractivity contribution in [2.45, 2.75) is 0 Å². The zero-order chi connectivity index (χ0) is 7.71. The first-order valence-electron chi connectivity index (χ1n) is 1.46. The normalized spacial score (nSPS) is 11.3. The summed E-state index contributed by atoms with van der Waals surface area (Å²) in [6.45, 7) is 0. The minimum absolute atomic E-state index is 0.